The fourth-order valence-corrected chi connectivity index (χ4v) is 4.96. The summed E-state index contributed by atoms with van der Waals surface area (Å²) >= 11 is 0. The lowest BCUT2D eigenvalue weighted by Crippen LogP contribution is -2.40. The molecule has 0 saturated carbocycles. The molecule has 1 aromatic carbocycles. The van der Waals surface area contributed by atoms with Gasteiger partial charge in [0, 0.05) is 49.0 Å². The van der Waals surface area contributed by atoms with Crippen molar-refractivity contribution in [2.45, 2.75) is 45.0 Å². The fraction of sp³-hybridized carbons (Fsp3) is 0.370. The molecule has 1 fully saturated rings. The van der Waals surface area contributed by atoms with Gasteiger partial charge in [0.1, 0.15) is 6.54 Å². The zero-order valence-electron chi connectivity index (χ0n) is 22.9. The summed E-state index contributed by atoms with van der Waals surface area (Å²) in [6.07, 6.45) is -1.72. The van der Waals surface area contributed by atoms with Gasteiger partial charge in [-0.2, -0.15) is 18.3 Å². The van der Waals surface area contributed by atoms with Crippen molar-refractivity contribution in [3.05, 3.63) is 59.8 Å². The first-order chi connectivity index (χ1) is 20.4. The average Bonchev–Trinajstić information content (AvgIpc) is 3.69. The van der Waals surface area contributed by atoms with Crippen LogP contribution in [-0.2, 0) is 23.9 Å². The van der Waals surface area contributed by atoms with Crippen molar-refractivity contribution >= 4 is 29.0 Å². The number of carbonyl (C=O) groups is 2. The highest BCUT2D eigenvalue weighted by molar-refractivity contribution is 5.98. The number of anilines is 2. The molecule has 228 valence electrons. The number of fused-ring (bicyclic) bond motifs is 1. The number of nitrogens with zero attached hydrogens (tertiary/aromatic N) is 6. The number of hydrogen-bond donors (Lipinski definition) is 3. The Labute approximate surface area is 241 Å². The van der Waals surface area contributed by atoms with Gasteiger partial charge in [0.2, 0.25) is 5.91 Å². The smallest absolute Gasteiger partial charge is 0.343 e. The van der Waals surface area contributed by atoms with E-state index in [-0.39, 0.29) is 35.7 Å². The standard InChI is InChI=1S/C27H28F5N9O2/c1-2-15-9-17(3-4-18(15)26(43)36-11-22(42)39-7-5-16(33)12-39)37-24-25-35-10-20(41(25)8-6-34-24)19-13-40(14-21(28)29)38-23(19)27(30,31)32/h3-4,6,8-10,13,16,21H,2,5,7,11-12,14,33H2,1H3,(H,34,37)(H,36,43)/t16-/m1/s1. The van der Waals surface area contributed by atoms with Crippen LogP contribution in [0.15, 0.2) is 43.0 Å². The number of amides is 2. The van der Waals surface area contributed by atoms with Crippen molar-refractivity contribution in [1.29, 1.82) is 0 Å². The molecule has 4 N–H and O–H groups in total. The van der Waals surface area contributed by atoms with E-state index in [2.05, 4.69) is 25.7 Å². The number of hydrogen-bond acceptors (Lipinski definition) is 7. The van der Waals surface area contributed by atoms with Crippen LogP contribution in [0.3, 0.4) is 0 Å². The first kappa shape index (κ1) is 29.9. The summed E-state index contributed by atoms with van der Waals surface area (Å²) in [5.41, 5.74) is 5.87. The molecular formula is C27H28F5N9O2. The van der Waals surface area contributed by atoms with Crippen molar-refractivity contribution in [1.82, 2.24) is 34.4 Å². The van der Waals surface area contributed by atoms with Crippen LogP contribution in [0.2, 0.25) is 0 Å². The molecule has 2 amide bonds. The normalized spacial score (nSPS) is 15.4. The second-order valence-corrected chi connectivity index (χ2v) is 10.0. The van der Waals surface area contributed by atoms with E-state index in [0.29, 0.717) is 41.0 Å². The molecule has 0 unspecified atom stereocenters. The number of aryl methyl sites for hydroxylation is 1. The molecule has 0 spiro atoms. The maximum atomic E-state index is 13.7. The third-order valence-electron chi connectivity index (χ3n) is 7.03. The van der Waals surface area contributed by atoms with E-state index in [9.17, 15) is 31.5 Å². The van der Waals surface area contributed by atoms with E-state index in [0.717, 1.165) is 12.6 Å². The van der Waals surface area contributed by atoms with Crippen LogP contribution in [0, 0.1) is 0 Å². The molecular weight excluding hydrogens is 577 g/mol. The number of rotatable bonds is 9. The maximum absolute atomic E-state index is 13.7. The lowest BCUT2D eigenvalue weighted by molar-refractivity contribution is -0.141. The fourth-order valence-electron chi connectivity index (χ4n) is 4.96. The van der Waals surface area contributed by atoms with Gasteiger partial charge in [0.25, 0.3) is 12.3 Å². The number of aromatic nitrogens is 5. The molecule has 0 radical (unpaired) electrons. The number of nitrogens with one attached hydrogen (secondary N) is 2. The Morgan fingerprint density at radius 2 is 2.00 bits per heavy atom. The highest BCUT2D eigenvalue weighted by atomic mass is 19.4. The zero-order chi connectivity index (χ0) is 30.9. The molecule has 0 aliphatic carbocycles. The molecule has 43 heavy (non-hydrogen) atoms. The molecule has 1 aliphatic heterocycles. The van der Waals surface area contributed by atoms with Crippen LogP contribution in [0.4, 0.5) is 33.5 Å². The summed E-state index contributed by atoms with van der Waals surface area (Å²) in [6.45, 7) is 1.73. The zero-order valence-corrected chi connectivity index (χ0v) is 22.9. The van der Waals surface area contributed by atoms with Crippen molar-refractivity contribution in [3.8, 4) is 11.3 Å². The van der Waals surface area contributed by atoms with Gasteiger partial charge in [-0.1, -0.05) is 6.92 Å². The summed E-state index contributed by atoms with van der Waals surface area (Å²) in [6, 6.07) is 4.88. The second-order valence-electron chi connectivity index (χ2n) is 10.0. The van der Waals surface area contributed by atoms with Crippen LogP contribution in [0.1, 0.15) is 35.0 Å². The van der Waals surface area contributed by atoms with Crippen LogP contribution in [0.25, 0.3) is 16.9 Å². The summed E-state index contributed by atoms with van der Waals surface area (Å²) in [7, 11) is 0. The van der Waals surface area contributed by atoms with Gasteiger partial charge in [-0.15, -0.1) is 0 Å². The van der Waals surface area contributed by atoms with Crippen molar-refractivity contribution in [2.24, 2.45) is 5.73 Å². The predicted octanol–water partition coefficient (Wildman–Crippen LogP) is 3.47. The van der Waals surface area contributed by atoms with E-state index in [4.69, 9.17) is 5.73 Å². The molecule has 0 bridgehead atoms. The predicted molar refractivity (Wildman–Crippen MR) is 146 cm³/mol. The van der Waals surface area contributed by atoms with Crippen molar-refractivity contribution in [3.63, 3.8) is 0 Å². The molecule has 4 aromatic rings. The summed E-state index contributed by atoms with van der Waals surface area (Å²) in [4.78, 5) is 35.4. The third-order valence-corrected chi connectivity index (χ3v) is 7.03. The minimum atomic E-state index is -4.89. The van der Waals surface area contributed by atoms with E-state index in [1.54, 1.807) is 23.1 Å². The summed E-state index contributed by atoms with van der Waals surface area (Å²) < 4.78 is 68.8. The van der Waals surface area contributed by atoms with Crippen molar-refractivity contribution < 1.29 is 31.5 Å². The molecule has 11 nitrogen and oxygen atoms in total. The van der Waals surface area contributed by atoms with Crippen LogP contribution < -0.4 is 16.4 Å². The molecule has 4 heterocycles. The van der Waals surface area contributed by atoms with E-state index in [1.165, 1.54) is 23.0 Å². The highest BCUT2D eigenvalue weighted by Crippen LogP contribution is 2.37. The Morgan fingerprint density at radius 1 is 1.21 bits per heavy atom. The van der Waals surface area contributed by atoms with Gasteiger partial charge in [-0.05, 0) is 36.6 Å². The number of alkyl halides is 5. The number of carbonyl (C=O) groups excluding carboxylic acids is 2. The largest absolute Gasteiger partial charge is 0.435 e. The van der Waals surface area contributed by atoms with Gasteiger partial charge >= 0.3 is 6.18 Å². The molecule has 5 rings (SSSR count). The number of imidazole rings is 1. The minimum absolute atomic E-state index is 0.0139. The van der Waals surface area contributed by atoms with Crippen LogP contribution >= 0.6 is 0 Å². The number of halogens is 5. The first-order valence-corrected chi connectivity index (χ1v) is 13.4. The Hall–Kier alpha value is -4.60. The van der Waals surface area contributed by atoms with E-state index in [1.807, 2.05) is 6.92 Å². The lowest BCUT2D eigenvalue weighted by atomic mass is 10.0. The average molecular weight is 606 g/mol. The Kier molecular flexibility index (Phi) is 8.30. The molecule has 1 atom stereocenters. The van der Waals surface area contributed by atoms with E-state index < -0.39 is 36.3 Å². The van der Waals surface area contributed by atoms with Crippen molar-refractivity contribution in [2.75, 3.05) is 25.0 Å². The number of benzene rings is 1. The van der Waals surface area contributed by atoms with Crippen LogP contribution in [-0.4, -0.2) is 73.0 Å². The highest BCUT2D eigenvalue weighted by Gasteiger charge is 2.38. The number of nitrogens with two attached hydrogens (primary N) is 1. The monoisotopic (exact) mass is 605 g/mol. The Bertz CT molecular complexity index is 1650. The lowest BCUT2D eigenvalue weighted by Gasteiger charge is -2.17. The van der Waals surface area contributed by atoms with E-state index >= 15 is 0 Å². The SMILES string of the molecule is CCc1cc(Nc2nccn3c(-c4cn(CC(F)F)nc4C(F)(F)F)cnc23)ccc1C(=O)NCC(=O)N1CC[C@@H](N)C1. The van der Waals surface area contributed by atoms with Gasteiger partial charge in [-0.25, -0.2) is 18.7 Å². The molecule has 3 aromatic heterocycles. The van der Waals surface area contributed by atoms with Gasteiger partial charge in [0.05, 0.1) is 24.0 Å². The molecule has 1 saturated heterocycles. The first-order valence-electron chi connectivity index (χ1n) is 13.4. The molecule has 1 aliphatic rings. The quantitative estimate of drug-likeness (QED) is 0.249. The van der Waals surface area contributed by atoms with Gasteiger partial charge in [-0.3, -0.25) is 18.7 Å². The second kappa shape index (κ2) is 11.9. The van der Waals surface area contributed by atoms with Gasteiger partial charge < -0.3 is 21.3 Å². The Balaban J connectivity index is 1.37. The molecule has 16 heteroatoms. The minimum Gasteiger partial charge on any atom is -0.343 e. The topological polar surface area (TPSA) is 135 Å². The maximum Gasteiger partial charge on any atom is 0.435 e. The summed E-state index contributed by atoms with van der Waals surface area (Å²) in [5.74, 6) is -0.415. The Morgan fingerprint density at radius 3 is 2.67 bits per heavy atom. The third kappa shape index (κ3) is 6.43. The van der Waals surface area contributed by atoms with Crippen LogP contribution in [0.5, 0.6) is 0 Å². The number of likely N-dealkylation sites (tertiary alicyclic amines) is 1. The summed E-state index contributed by atoms with van der Waals surface area (Å²) in [5, 5.41) is 9.08. The van der Waals surface area contributed by atoms with Gasteiger partial charge in [0.15, 0.2) is 17.2 Å².